The van der Waals surface area contributed by atoms with Gasteiger partial charge < -0.3 is 5.32 Å². The van der Waals surface area contributed by atoms with Crippen LogP contribution in [0.3, 0.4) is 0 Å². The number of hydrogen-bond acceptors (Lipinski definition) is 3. The Kier molecular flexibility index (Phi) is 6.14. The van der Waals surface area contributed by atoms with Crippen LogP contribution in [0.4, 0.5) is 5.82 Å². The number of nitrogens with one attached hydrogen (secondary N) is 1. The molecule has 1 aromatic heterocycles. The van der Waals surface area contributed by atoms with Gasteiger partial charge in [0.2, 0.25) is 0 Å². The lowest BCUT2D eigenvalue weighted by atomic mass is 10.2. The minimum atomic E-state index is -0.313. The van der Waals surface area contributed by atoms with Crippen LogP contribution in [0.5, 0.6) is 0 Å². The van der Waals surface area contributed by atoms with Crippen LogP contribution in [0.2, 0.25) is 15.1 Å². The summed E-state index contributed by atoms with van der Waals surface area (Å²) in [5.41, 5.74) is 1.18. The first-order valence-electron chi connectivity index (χ1n) is 7.59. The Hall–Kier alpha value is -1.66. The predicted molar refractivity (Wildman–Crippen MR) is 109 cm³/mol. The molecule has 0 saturated heterocycles. The third-order valence-corrected chi connectivity index (χ3v) is 5.45. The highest BCUT2D eigenvalue weighted by atomic mass is 35.5. The minimum absolute atomic E-state index is 0.313. The van der Waals surface area contributed by atoms with E-state index in [0.717, 1.165) is 10.5 Å². The van der Waals surface area contributed by atoms with E-state index in [2.05, 4.69) is 10.4 Å². The zero-order valence-electron chi connectivity index (χ0n) is 13.7. The second-order valence-electron chi connectivity index (χ2n) is 5.40. The maximum absolute atomic E-state index is 12.5. The summed E-state index contributed by atoms with van der Waals surface area (Å²) >= 11 is 20.0. The molecule has 3 rings (SSSR count). The fraction of sp³-hybridized carbons (Fsp3) is 0.111. The second kappa shape index (κ2) is 8.35. The van der Waals surface area contributed by atoms with Gasteiger partial charge in [-0.05, 0) is 36.6 Å². The lowest BCUT2D eigenvalue weighted by Crippen LogP contribution is -2.13. The highest BCUT2D eigenvalue weighted by Crippen LogP contribution is 2.26. The zero-order chi connectivity index (χ0) is 18.7. The average molecular weight is 427 g/mol. The van der Waals surface area contributed by atoms with Crippen molar-refractivity contribution in [1.82, 2.24) is 9.78 Å². The SMILES string of the molecule is CSc1ccc(Cl)c(C(=O)Nc2ccn(Cc3c(Cl)cccc3Cl)n2)c1. The summed E-state index contributed by atoms with van der Waals surface area (Å²) < 4.78 is 1.66. The van der Waals surface area contributed by atoms with Crippen molar-refractivity contribution >= 4 is 58.3 Å². The van der Waals surface area contributed by atoms with Crippen molar-refractivity contribution < 1.29 is 4.79 Å². The van der Waals surface area contributed by atoms with Crippen LogP contribution in [-0.4, -0.2) is 21.9 Å². The molecule has 4 nitrogen and oxygen atoms in total. The maximum atomic E-state index is 12.5. The van der Waals surface area contributed by atoms with E-state index in [0.29, 0.717) is 33.0 Å². The van der Waals surface area contributed by atoms with Gasteiger partial charge >= 0.3 is 0 Å². The summed E-state index contributed by atoms with van der Waals surface area (Å²) in [5, 5.41) is 8.63. The Morgan fingerprint density at radius 3 is 2.54 bits per heavy atom. The average Bonchev–Trinajstić information content (AvgIpc) is 3.05. The highest BCUT2D eigenvalue weighted by Gasteiger charge is 2.13. The molecule has 0 saturated carbocycles. The smallest absolute Gasteiger partial charge is 0.258 e. The van der Waals surface area contributed by atoms with E-state index in [9.17, 15) is 4.79 Å². The van der Waals surface area contributed by atoms with E-state index in [4.69, 9.17) is 34.8 Å². The van der Waals surface area contributed by atoms with Gasteiger partial charge in [0.25, 0.3) is 5.91 Å². The molecule has 1 N–H and O–H groups in total. The van der Waals surface area contributed by atoms with Crippen LogP contribution in [0.15, 0.2) is 53.6 Å². The van der Waals surface area contributed by atoms with Crippen LogP contribution < -0.4 is 5.32 Å². The van der Waals surface area contributed by atoms with Gasteiger partial charge in [-0.15, -0.1) is 11.8 Å². The number of benzene rings is 2. The standard InChI is InChI=1S/C18H14Cl3N3OS/c1-26-11-5-6-16(21)12(9-11)18(25)22-17-7-8-24(23-17)10-13-14(19)3-2-4-15(13)20/h2-9H,10H2,1H3,(H,22,23,25). The molecule has 0 unspecified atom stereocenters. The third-order valence-electron chi connectivity index (χ3n) is 3.68. The molecule has 0 radical (unpaired) electrons. The Bertz CT molecular complexity index is 938. The number of carbonyl (C=O) groups is 1. The number of thioether (sulfide) groups is 1. The second-order valence-corrected chi connectivity index (χ2v) is 7.50. The lowest BCUT2D eigenvalue weighted by Gasteiger charge is -2.08. The normalized spacial score (nSPS) is 10.8. The first kappa shape index (κ1) is 19.1. The van der Waals surface area contributed by atoms with E-state index in [1.807, 2.05) is 12.3 Å². The van der Waals surface area contributed by atoms with Crippen molar-refractivity contribution in [3.8, 4) is 0 Å². The Labute approximate surface area is 170 Å². The molecule has 0 aliphatic heterocycles. The van der Waals surface area contributed by atoms with E-state index >= 15 is 0 Å². The van der Waals surface area contributed by atoms with Crippen LogP contribution >= 0.6 is 46.6 Å². The Balaban J connectivity index is 1.75. The van der Waals surface area contributed by atoms with Crippen LogP contribution in [-0.2, 0) is 6.54 Å². The number of halogens is 3. The number of aromatic nitrogens is 2. The molecule has 0 aliphatic rings. The largest absolute Gasteiger partial charge is 0.305 e. The minimum Gasteiger partial charge on any atom is -0.305 e. The molecule has 134 valence electrons. The van der Waals surface area contributed by atoms with Crippen molar-refractivity contribution in [2.75, 3.05) is 11.6 Å². The van der Waals surface area contributed by atoms with E-state index < -0.39 is 0 Å². The van der Waals surface area contributed by atoms with Gasteiger partial charge in [-0.25, -0.2) is 0 Å². The monoisotopic (exact) mass is 425 g/mol. The van der Waals surface area contributed by atoms with Crippen LogP contribution in [0, 0.1) is 0 Å². The molecule has 1 heterocycles. The quantitative estimate of drug-likeness (QED) is 0.519. The van der Waals surface area contributed by atoms with Crippen molar-refractivity contribution in [2.45, 2.75) is 11.4 Å². The molecule has 26 heavy (non-hydrogen) atoms. The van der Waals surface area contributed by atoms with E-state index in [-0.39, 0.29) is 5.91 Å². The van der Waals surface area contributed by atoms with Gasteiger partial charge in [-0.3, -0.25) is 9.48 Å². The fourth-order valence-corrected chi connectivity index (χ4v) is 3.51. The summed E-state index contributed by atoms with van der Waals surface area (Å²) in [6.07, 6.45) is 3.68. The van der Waals surface area contributed by atoms with Crippen molar-refractivity contribution in [1.29, 1.82) is 0 Å². The summed E-state index contributed by atoms with van der Waals surface area (Å²) in [4.78, 5) is 13.4. The number of hydrogen-bond donors (Lipinski definition) is 1. The predicted octanol–water partition coefficient (Wildman–Crippen LogP) is 5.87. The molecule has 3 aromatic rings. The maximum Gasteiger partial charge on any atom is 0.258 e. The highest BCUT2D eigenvalue weighted by molar-refractivity contribution is 7.98. The van der Waals surface area contributed by atoms with Crippen LogP contribution in [0.25, 0.3) is 0 Å². The van der Waals surface area contributed by atoms with Gasteiger partial charge in [0, 0.05) is 32.8 Å². The molecule has 0 fully saturated rings. The van der Waals surface area contributed by atoms with Crippen LogP contribution in [0.1, 0.15) is 15.9 Å². The fourth-order valence-electron chi connectivity index (χ4n) is 2.35. The topological polar surface area (TPSA) is 46.9 Å². The Morgan fingerprint density at radius 1 is 1.12 bits per heavy atom. The molecule has 0 spiro atoms. The zero-order valence-corrected chi connectivity index (χ0v) is 16.8. The summed E-state index contributed by atoms with van der Waals surface area (Å²) in [5.74, 6) is 0.107. The molecule has 0 atom stereocenters. The summed E-state index contributed by atoms with van der Waals surface area (Å²) in [6.45, 7) is 0.400. The lowest BCUT2D eigenvalue weighted by molar-refractivity contribution is 0.102. The number of carbonyl (C=O) groups excluding carboxylic acids is 1. The third kappa shape index (κ3) is 4.35. The first-order valence-corrected chi connectivity index (χ1v) is 9.95. The number of rotatable bonds is 5. The van der Waals surface area contributed by atoms with Gasteiger partial charge in [0.05, 0.1) is 17.1 Å². The molecular formula is C18H14Cl3N3OS. The van der Waals surface area contributed by atoms with Gasteiger partial charge in [0.1, 0.15) is 0 Å². The summed E-state index contributed by atoms with van der Waals surface area (Å²) in [7, 11) is 0. The number of amides is 1. The van der Waals surface area contributed by atoms with Gasteiger partial charge in [-0.2, -0.15) is 5.10 Å². The number of nitrogens with zero attached hydrogens (tertiary/aromatic N) is 2. The molecule has 8 heteroatoms. The van der Waals surface area contributed by atoms with Crippen molar-refractivity contribution in [3.05, 3.63) is 74.9 Å². The van der Waals surface area contributed by atoms with Crippen molar-refractivity contribution in [3.63, 3.8) is 0 Å². The van der Waals surface area contributed by atoms with E-state index in [1.54, 1.807) is 59.0 Å². The van der Waals surface area contributed by atoms with Crippen molar-refractivity contribution in [2.24, 2.45) is 0 Å². The molecular weight excluding hydrogens is 413 g/mol. The molecule has 0 aliphatic carbocycles. The Morgan fingerprint density at radius 2 is 1.85 bits per heavy atom. The number of anilines is 1. The molecule has 0 bridgehead atoms. The first-order chi connectivity index (χ1) is 12.5. The summed E-state index contributed by atoms with van der Waals surface area (Å²) in [6, 6.07) is 12.4. The van der Waals surface area contributed by atoms with Gasteiger partial charge in [-0.1, -0.05) is 40.9 Å². The van der Waals surface area contributed by atoms with Gasteiger partial charge in [0.15, 0.2) is 5.82 Å². The molecule has 2 aromatic carbocycles. The molecule has 1 amide bonds. The van der Waals surface area contributed by atoms with E-state index in [1.165, 1.54) is 0 Å².